The van der Waals surface area contributed by atoms with Gasteiger partial charge in [-0.2, -0.15) is 0 Å². The molecule has 1 saturated heterocycles. The van der Waals surface area contributed by atoms with E-state index in [1.165, 1.54) is 0 Å². The van der Waals surface area contributed by atoms with Gasteiger partial charge in [-0.3, -0.25) is 4.90 Å². The highest BCUT2D eigenvalue weighted by Gasteiger charge is 2.07. The van der Waals surface area contributed by atoms with Crippen LogP contribution in [0.5, 0.6) is 5.75 Å². The third-order valence-electron chi connectivity index (χ3n) is 2.72. The van der Waals surface area contributed by atoms with E-state index in [4.69, 9.17) is 20.9 Å². The minimum atomic E-state index is 0.684. The molecule has 0 spiro atoms. The van der Waals surface area contributed by atoms with Crippen molar-refractivity contribution >= 4 is 5.69 Å². The molecule has 0 saturated carbocycles. The van der Waals surface area contributed by atoms with Crippen molar-refractivity contribution in [1.29, 1.82) is 0 Å². The largest absolute Gasteiger partial charge is 0.494 e. The van der Waals surface area contributed by atoms with Gasteiger partial charge in [0, 0.05) is 37.9 Å². The van der Waals surface area contributed by atoms with Gasteiger partial charge in [0.2, 0.25) is 0 Å². The summed E-state index contributed by atoms with van der Waals surface area (Å²) in [7, 11) is 0. The van der Waals surface area contributed by atoms with Crippen molar-refractivity contribution in [3.8, 4) is 5.75 Å². The van der Waals surface area contributed by atoms with E-state index < -0.39 is 0 Å². The highest BCUT2D eigenvalue weighted by molar-refractivity contribution is 5.43. The molecule has 5 heteroatoms. The van der Waals surface area contributed by atoms with Crippen LogP contribution in [0.2, 0.25) is 0 Å². The van der Waals surface area contributed by atoms with Gasteiger partial charge in [0.15, 0.2) is 0 Å². The molecule has 0 aromatic heterocycles. The molecular weight excluding hydrogens is 242 g/mol. The van der Waals surface area contributed by atoms with Crippen LogP contribution in [0.1, 0.15) is 6.92 Å². The van der Waals surface area contributed by atoms with Crippen LogP contribution >= 0.6 is 0 Å². The maximum absolute atomic E-state index is 5.51. The van der Waals surface area contributed by atoms with Crippen LogP contribution in [0.4, 0.5) is 5.69 Å². The lowest BCUT2D eigenvalue weighted by Gasteiger charge is -2.25. The van der Waals surface area contributed by atoms with Crippen LogP contribution in [-0.2, 0) is 4.74 Å². The number of nitrogens with two attached hydrogens (primary N) is 2. The second-order valence-corrected chi connectivity index (χ2v) is 4.25. The molecule has 1 aliphatic heterocycles. The first-order valence-electron chi connectivity index (χ1n) is 6.74. The van der Waals surface area contributed by atoms with Crippen LogP contribution in [0, 0.1) is 0 Å². The van der Waals surface area contributed by atoms with E-state index in [1.807, 2.05) is 31.2 Å². The van der Waals surface area contributed by atoms with Gasteiger partial charge < -0.3 is 20.9 Å². The second-order valence-electron chi connectivity index (χ2n) is 4.25. The Hall–Kier alpha value is -1.30. The summed E-state index contributed by atoms with van der Waals surface area (Å²) in [4.78, 5) is 2.32. The van der Waals surface area contributed by atoms with Crippen molar-refractivity contribution in [2.24, 2.45) is 5.73 Å². The lowest BCUT2D eigenvalue weighted by atomic mass is 10.3. The topological polar surface area (TPSA) is 73.7 Å². The lowest BCUT2D eigenvalue weighted by molar-refractivity contribution is 0.0394. The molecule has 1 heterocycles. The molecule has 1 aliphatic rings. The Balaban J connectivity index is 0.000000191. The first-order chi connectivity index (χ1) is 9.26. The minimum absolute atomic E-state index is 0.684. The smallest absolute Gasteiger partial charge is 0.121 e. The summed E-state index contributed by atoms with van der Waals surface area (Å²) in [6.45, 7) is 8.27. The fraction of sp³-hybridized carbons (Fsp3) is 0.571. The zero-order valence-electron chi connectivity index (χ0n) is 11.7. The number of nitrogen functional groups attached to an aromatic ring is 1. The predicted octanol–water partition coefficient (Wildman–Crippen LogP) is 0.945. The summed E-state index contributed by atoms with van der Waals surface area (Å²) < 4.78 is 10.4. The average Bonchev–Trinajstić information content (AvgIpc) is 2.41. The molecule has 1 fully saturated rings. The molecule has 0 radical (unpaired) electrons. The highest BCUT2D eigenvalue weighted by atomic mass is 16.5. The lowest BCUT2D eigenvalue weighted by Crippen LogP contribution is -2.39. The number of benzene rings is 1. The zero-order valence-corrected chi connectivity index (χ0v) is 11.7. The van der Waals surface area contributed by atoms with Crippen molar-refractivity contribution in [3.63, 3.8) is 0 Å². The fourth-order valence-electron chi connectivity index (χ4n) is 1.78. The molecule has 0 bridgehead atoms. The van der Waals surface area contributed by atoms with Crippen molar-refractivity contribution in [3.05, 3.63) is 24.3 Å². The van der Waals surface area contributed by atoms with Crippen molar-refractivity contribution in [1.82, 2.24) is 4.90 Å². The van der Waals surface area contributed by atoms with E-state index in [2.05, 4.69) is 4.90 Å². The molecule has 0 aliphatic carbocycles. The number of hydrogen-bond donors (Lipinski definition) is 2. The van der Waals surface area contributed by atoms with Gasteiger partial charge in [0.05, 0.1) is 19.8 Å². The summed E-state index contributed by atoms with van der Waals surface area (Å²) in [5.41, 5.74) is 11.6. The molecule has 5 nitrogen and oxygen atoms in total. The van der Waals surface area contributed by atoms with E-state index in [9.17, 15) is 0 Å². The predicted molar refractivity (Wildman–Crippen MR) is 78.3 cm³/mol. The Morgan fingerprint density at radius 1 is 1.32 bits per heavy atom. The third-order valence-corrected chi connectivity index (χ3v) is 2.72. The van der Waals surface area contributed by atoms with Crippen LogP contribution in [0.25, 0.3) is 0 Å². The zero-order chi connectivity index (χ0) is 13.9. The molecule has 0 atom stereocenters. The Morgan fingerprint density at radius 3 is 2.63 bits per heavy atom. The van der Waals surface area contributed by atoms with E-state index in [0.717, 1.165) is 50.8 Å². The monoisotopic (exact) mass is 267 g/mol. The number of ether oxygens (including phenoxy) is 2. The van der Waals surface area contributed by atoms with Crippen molar-refractivity contribution < 1.29 is 9.47 Å². The van der Waals surface area contributed by atoms with Gasteiger partial charge >= 0.3 is 0 Å². The Morgan fingerprint density at radius 2 is 2.05 bits per heavy atom. The summed E-state index contributed by atoms with van der Waals surface area (Å²) in [5.74, 6) is 0.836. The molecule has 108 valence electrons. The normalized spacial score (nSPS) is 15.5. The number of nitrogens with zero attached hydrogens (tertiary/aromatic N) is 1. The van der Waals surface area contributed by atoms with Crippen molar-refractivity contribution in [2.45, 2.75) is 6.92 Å². The maximum Gasteiger partial charge on any atom is 0.121 e. The number of anilines is 1. The first kappa shape index (κ1) is 15.8. The van der Waals surface area contributed by atoms with E-state index in [0.29, 0.717) is 6.61 Å². The molecule has 19 heavy (non-hydrogen) atoms. The third kappa shape index (κ3) is 7.00. The molecule has 2 rings (SSSR count). The van der Waals surface area contributed by atoms with Gasteiger partial charge in [-0.05, 0) is 19.1 Å². The number of hydrogen-bond acceptors (Lipinski definition) is 5. The standard InChI is InChI=1S/C8H11NO.C6H14N2O/c1-2-10-8-5-3-4-7(9)6-8;7-1-2-8-3-5-9-6-4-8/h3-6H,2,9H2,1H3;1-7H2. The van der Waals surface area contributed by atoms with Gasteiger partial charge in [-0.15, -0.1) is 0 Å². The van der Waals surface area contributed by atoms with Crippen LogP contribution < -0.4 is 16.2 Å². The van der Waals surface area contributed by atoms with Gasteiger partial charge in [0.1, 0.15) is 5.75 Å². The summed E-state index contributed by atoms with van der Waals surface area (Å²) in [6.07, 6.45) is 0. The molecule has 0 unspecified atom stereocenters. The SMILES string of the molecule is CCOc1cccc(N)c1.NCCN1CCOCC1. The van der Waals surface area contributed by atoms with E-state index in [-0.39, 0.29) is 0 Å². The van der Waals surface area contributed by atoms with Crippen molar-refractivity contribution in [2.75, 3.05) is 51.7 Å². The molecule has 1 aromatic carbocycles. The first-order valence-corrected chi connectivity index (χ1v) is 6.74. The Kier molecular flexibility index (Phi) is 7.97. The highest BCUT2D eigenvalue weighted by Crippen LogP contribution is 2.13. The molecule has 4 N–H and O–H groups in total. The minimum Gasteiger partial charge on any atom is -0.494 e. The van der Waals surface area contributed by atoms with Gasteiger partial charge in [0.25, 0.3) is 0 Å². The quantitative estimate of drug-likeness (QED) is 0.794. The van der Waals surface area contributed by atoms with Crippen LogP contribution in [0.15, 0.2) is 24.3 Å². The molecule has 0 amide bonds. The van der Waals surface area contributed by atoms with Gasteiger partial charge in [-0.1, -0.05) is 6.07 Å². The number of rotatable bonds is 4. The summed E-state index contributed by atoms with van der Waals surface area (Å²) >= 11 is 0. The summed E-state index contributed by atoms with van der Waals surface area (Å²) in [6, 6.07) is 7.41. The maximum atomic E-state index is 5.51. The van der Waals surface area contributed by atoms with Gasteiger partial charge in [-0.25, -0.2) is 0 Å². The number of morpholine rings is 1. The van der Waals surface area contributed by atoms with E-state index in [1.54, 1.807) is 0 Å². The van der Waals surface area contributed by atoms with E-state index >= 15 is 0 Å². The molecule has 1 aromatic rings. The second kappa shape index (κ2) is 9.61. The fourth-order valence-corrected chi connectivity index (χ4v) is 1.78. The Labute approximate surface area is 115 Å². The van der Waals surface area contributed by atoms with Crippen LogP contribution in [-0.4, -0.2) is 50.9 Å². The average molecular weight is 267 g/mol. The summed E-state index contributed by atoms with van der Waals surface area (Å²) in [5, 5.41) is 0. The van der Waals surface area contributed by atoms with Crippen LogP contribution in [0.3, 0.4) is 0 Å². The Bertz CT molecular complexity index is 338. The molecular formula is C14H25N3O2.